The number of benzene rings is 3. The number of rotatable bonds is 17. The SMILES string of the molecule is C=C(C)C(=O)OCCCc1ccc(CCc2ccc(-c3ccc(CCCO)cc3CC)c(CCOC(=O)C(=C)C)c2)cc1. The minimum Gasteiger partial charge on any atom is -0.462 e. The highest BCUT2D eigenvalue weighted by Crippen LogP contribution is 2.31. The summed E-state index contributed by atoms with van der Waals surface area (Å²) in [5.74, 6) is -0.700. The number of carbonyl (C=O) groups is 2. The molecule has 0 atom stereocenters. The number of aliphatic hydroxyl groups excluding tert-OH is 1. The fourth-order valence-corrected chi connectivity index (χ4v) is 5.02. The number of hydrogen-bond donors (Lipinski definition) is 1. The van der Waals surface area contributed by atoms with Crippen LogP contribution in [0.3, 0.4) is 0 Å². The molecule has 0 aliphatic carbocycles. The maximum atomic E-state index is 12.0. The van der Waals surface area contributed by atoms with Crippen molar-refractivity contribution in [2.45, 2.75) is 72.1 Å². The second kappa shape index (κ2) is 17.2. The van der Waals surface area contributed by atoms with E-state index in [2.05, 4.69) is 80.7 Å². The molecule has 43 heavy (non-hydrogen) atoms. The molecular weight excluding hydrogens is 536 g/mol. The molecule has 0 heterocycles. The van der Waals surface area contributed by atoms with Crippen molar-refractivity contribution < 1.29 is 24.2 Å². The first-order valence-electron chi connectivity index (χ1n) is 15.3. The first kappa shape index (κ1) is 33.5. The maximum absolute atomic E-state index is 12.0. The Kier molecular flexibility index (Phi) is 13.4. The highest BCUT2D eigenvalue weighted by Gasteiger charge is 2.13. The van der Waals surface area contributed by atoms with E-state index < -0.39 is 0 Å². The third-order valence-corrected chi connectivity index (χ3v) is 7.50. The lowest BCUT2D eigenvalue weighted by atomic mass is 9.89. The van der Waals surface area contributed by atoms with Crippen molar-refractivity contribution in [1.82, 2.24) is 0 Å². The molecule has 3 aromatic carbocycles. The van der Waals surface area contributed by atoms with E-state index in [0.29, 0.717) is 30.8 Å². The van der Waals surface area contributed by atoms with E-state index >= 15 is 0 Å². The lowest BCUT2D eigenvalue weighted by Gasteiger charge is -2.17. The summed E-state index contributed by atoms with van der Waals surface area (Å²) >= 11 is 0. The van der Waals surface area contributed by atoms with Crippen molar-refractivity contribution in [3.8, 4) is 11.1 Å². The molecule has 3 aromatic rings. The number of carbonyl (C=O) groups excluding carboxylic acids is 2. The number of aliphatic hydroxyl groups is 1. The zero-order chi connectivity index (χ0) is 31.2. The third-order valence-electron chi connectivity index (χ3n) is 7.50. The number of hydrogen-bond acceptors (Lipinski definition) is 5. The average Bonchev–Trinajstić information content (AvgIpc) is 3.01. The van der Waals surface area contributed by atoms with Gasteiger partial charge in [0.2, 0.25) is 0 Å². The van der Waals surface area contributed by atoms with Crippen LogP contribution in [0.5, 0.6) is 0 Å². The zero-order valence-electron chi connectivity index (χ0n) is 26.0. The molecule has 0 fully saturated rings. The molecule has 1 N–H and O–H groups in total. The maximum Gasteiger partial charge on any atom is 0.333 e. The van der Waals surface area contributed by atoms with Gasteiger partial charge < -0.3 is 14.6 Å². The van der Waals surface area contributed by atoms with Crippen LogP contribution in [-0.4, -0.2) is 36.9 Å². The molecule has 0 aromatic heterocycles. The topological polar surface area (TPSA) is 72.8 Å². The van der Waals surface area contributed by atoms with E-state index in [1.165, 1.54) is 38.9 Å². The zero-order valence-corrected chi connectivity index (χ0v) is 26.0. The summed E-state index contributed by atoms with van der Waals surface area (Å²) in [6, 6.07) is 21.9. The van der Waals surface area contributed by atoms with Crippen LogP contribution in [0.25, 0.3) is 11.1 Å². The summed E-state index contributed by atoms with van der Waals surface area (Å²) in [6.45, 7) is 13.7. The van der Waals surface area contributed by atoms with Gasteiger partial charge in [-0.1, -0.05) is 80.7 Å². The first-order chi connectivity index (χ1) is 20.7. The fraction of sp³-hybridized carbons (Fsp3) is 0.368. The lowest BCUT2D eigenvalue weighted by molar-refractivity contribution is -0.139. The molecule has 228 valence electrons. The Morgan fingerprint density at radius 3 is 1.67 bits per heavy atom. The number of ether oxygens (including phenoxy) is 2. The molecule has 0 unspecified atom stereocenters. The highest BCUT2D eigenvalue weighted by molar-refractivity contribution is 5.87. The summed E-state index contributed by atoms with van der Waals surface area (Å²) in [5, 5.41) is 9.25. The summed E-state index contributed by atoms with van der Waals surface area (Å²) < 4.78 is 10.7. The van der Waals surface area contributed by atoms with Gasteiger partial charge in [-0.3, -0.25) is 0 Å². The Balaban J connectivity index is 1.71. The van der Waals surface area contributed by atoms with Crippen molar-refractivity contribution in [1.29, 1.82) is 0 Å². The predicted molar refractivity (Wildman–Crippen MR) is 174 cm³/mol. The fourth-order valence-electron chi connectivity index (χ4n) is 5.02. The second-order valence-corrected chi connectivity index (χ2v) is 11.2. The standard InChI is InChI=1S/C38H46O5/c1-6-33-25-31(9-7-22-39)17-19-35(33)36-20-18-32(26-34(36)21-24-43-38(41)28(4)5)16-15-30-13-11-29(12-14-30)10-8-23-42-37(40)27(2)3/h11-14,17-20,25-26,39H,2,4,6-10,15-16,21-24H2,1,3,5H3. The van der Waals surface area contributed by atoms with Crippen molar-refractivity contribution >= 4 is 11.9 Å². The second-order valence-electron chi connectivity index (χ2n) is 11.2. The van der Waals surface area contributed by atoms with Gasteiger partial charge in [0, 0.05) is 24.2 Å². The quantitative estimate of drug-likeness (QED) is 0.102. The van der Waals surface area contributed by atoms with Crippen LogP contribution in [0.4, 0.5) is 0 Å². The lowest BCUT2D eigenvalue weighted by Crippen LogP contribution is -2.09. The van der Waals surface area contributed by atoms with Crippen molar-refractivity contribution in [3.63, 3.8) is 0 Å². The van der Waals surface area contributed by atoms with Gasteiger partial charge in [-0.2, -0.15) is 0 Å². The molecule has 0 bridgehead atoms. The molecule has 0 saturated carbocycles. The van der Waals surface area contributed by atoms with E-state index in [0.717, 1.165) is 50.5 Å². The van der Waals surface area contributed by atoms with E-state index in [-0.39, 0.29) is 18.5 Å². The first-order valence-corrected chi connectivity index (χ1v) is 15.3. The van der Waals surface area contributed by atoms with Crippen molar-refractivity contribution in [2.75, 3.05) is 19.8 Å². The van der Waals surface area contributed by atoms with Gasteiger partial charge in [0.15, 0.2) is 0 Å². The third kappa shape index (κ3) is 10.7. The van der Waals surface area contributed by atoms with Crippen LogP contribution in [0, 0.1) is 0 Å². The van der Waals surface area contributed by atoms with E-state index in [1.807, 2.05) is 0 Å². The Hall–Kier alpha value is -3.96. The largest absolute Gasteiger partial charge is 0.462 e. The van der Waals surface area contributed by atoms with Gasteiger partial charge in [-0.05, 0) is 103 Å². The number of esters is 2. The molecule has 0 aliphatic heterocycles. The molecule has 0 aliphatic rings. The van der Waals surface area contributed by atoms with Crippen LogP contribution in [0.1, 0.15) is 67.0 Å². The molecule has 5 nitrogen and oxygen atoms in total. The molecule has 5 heteroatoms. The summed E-state index contributed by atoms with van der Waals surface area (Å²) in [7, 11) is 0. The minimum atomic E-state index is -0.364. The Labute approximate surface area is 257 Å². The van der Waals surface area contributed by atoms with Crippen molar-refractivity contribution in [2.24, 2.45) is 0 Å². The van der Waals surface area contributed by atoms with Crippen molar-refractivity contribution in [3.05, 3.63) is 118 Å². The summed E-state index contributed by atoms with van der Waals surface area (Å²) in [5.41, 5.74) is 10.6. The Bertz CT molecular complexity index is 1400. The summed E-state index contributed by atoms with van der Waals surface area (Å²) in [4.78, 5) is 23.5. The van der Waals surface area contributed by atoms with Gasteiger partial charge in [0.1, 0.15) is 0 Å². The predicted octanol–water partition coefficient (Wildman–Crippen LogP) is 7.34. The van der Waals surface area contributed by atoms with Gasteiger partial charge in [-0.25, -0.2) is 9.59 Å². The van der Waals surface area contributed by atoms with Crippen LogP contribution < -0.4 is 0 Å². The van der Waals surface area contributed by atoms with E-state index in [1.54, 1.807) is 13.8 Å². The van der Waals surface area contributed by atoms with Crippen LogP contribution in [0.2, 0.25) is 0 Å². The normalized spacial score (nSPS) is 10.8. The number of aryl methyl sites for hydroxylation is 5. The molecule has 0 spiro atoms. The van der Waals surface area contributed by atoms with Gasteiger partial charge in [0.25, 0.3) is 0 Å². The van der Waals surface area contributed by atoms with E-state index in [9.17, 15) is 14.7 Å². The molecule has 3 rings (SSSR count). The van der Waals surface area contributed by atoms with Crippen LogP contribution >= 0.6 is 0 Å². The Morgan fingerprint density at radius 1 is 0.628 bits per heavy atom. The molecule has 0 radical (unpaired) electrons. The minimum absolute atomic E-state index is 0.191. The summed E-state index contributed by atoms with van der Waals surface area (Å²) in [6.07, 6.45) is 6.59. The van der Waals surface area contributed by atoms with E-state index in [4.69, 9.17) is 9.47 Å². The average molecular weight is 583 g/mol. The molecule has 0 amide bonds. The monoisotopic (exact) mass is 582 g/mol. The van der Waals surface area contributed by atoms with Crippen LogP contribution in [0.15, 0.2) is 85.0 Å². The smallest absolute Gasteiger partial charge is 0.333 e. The molecule has 0 saturated heterocycles. The molecular formula is C38H46O5. The van der Waals surface area contributed by atoms with Gasteiger partial charge in [-0.15, -0.1) is 0 Å². The highest BCUT2D eigenvalue weighted by atomic mass is 16.5. The van der Waals surface area contributed by atoms with Gasteiger partial charge in [0.05, 0.1) is 13.2 Å². The van der Waals surface area contributed by atoms with Crippen LogP contribution in [-0.2, 0) is 57.6 Å². The van der Waals surface area contributed by atoms with Gasteiger partial charge >= 0.3 is 11.9 Å². The Morgan fingerprint density at radius 2 is 1.09 bits per heavy atom.